The number of nitrogens with zero attached hydrogens (tertiary/aromatic N) is 1. The van der Waals surface area contributed by atoms with Gasteiger partial charge in [0.15, 0.2) is 0 Å². The molecule has 2 N–H and O–H groups in total. The standard InChI is InChI=1S/C9H12N2O/c12-9(7-5-10-6-7)8-3-1-2-4-11-8/h1-4,7,9-10,12H,5-6H2. The van der Waals surface area contributed by atoms with Crippen LogP contribution in [0.25, 0.3) is 0 Å². The fourth-order valence-electron chi connectivity index (χ4n) is 1.33. The molecule has 2 rings (SSSR count). The summed E-state index contributed by atoms with van der Waals surface area (Å²) < 4.78 is 0. The maximum atomic E-state index is 9.74. The van der Waals surface area contributed by atoms with E-state index in [2.05, 4.69) is 10.3 Å². The highest BCUT2D eigenvalue weighted by molar-refractivity contribution is 5.09. The van der Waals surface area contributed by atoms with Crippen LogP contribution in [0.4, 0.5) is 0 Å². The van der Waals surface area contributed by atoms with Crippen molar-refractivity contribution < 1.29 is 5.11 Å². The first-order chi connectivity index (χ1) is 5.88. The van der Waals surface area contributed by atoms with Crippen molar-refractivity contribution in [3.63, 3.8) is 0 Å². The highest BCUT2D eigenvalue weighted by Gasteiger charge is 2.26. The molecule has 64 valence electrons. The second-order valence-electron chi connectivity index (χ2n) is 3.12. The van der Waals surface area contributed by atoms with Gasteiger partial charge in [-0.1, -0.05) is 6.07 Å². The van der Waals surface area contributed by atoms with Crippen LogP contribution in [0, 0.1) is 5.92 Å². The van der Waals surface area contributed by atoms with Gasteiger partial charge in [-0.3, -0.25) is 4.98 Å². The summed E-state index contributed by atoms with van der Waals surface area (Å²) in [6.07, 6.45) is 1.32. The van der Waals surface area contributed by atoms with Gasteiger partial charge in [0.25, 0.3) is 0 Å². The van der Waals surface area contributed by atoms with Crippen LogP contribution in [0.5, 0.6) is 0 Å². The minimum Gasteiger partial charge on any atom is -0.386 e. The van der Waals surface area contributed by atoms with Gasteiger partial charge >= 0.3 is 0 Å². The van der Waals surface area contributed by atoms with Crippen LogP contribution in [0.1, 0.15) is 11.8 Å². The summed E-state index contributed by atoms with van der Waals surface area (Å²) >= 11 is 0. The molecule has 12 heavy (non-hydrogen) atoms. The van der Waals surface area contributed by atoms with Gasteiger partial charge in [-0.25, -0.2) is 0 Å². The largest absolute Gasteiger partial charge is 0.386 e. The zero-order chi connectivity index (χ0) is 8.39. The van der Waals surface area contributed by atoms with Crippen LogP contribution in [-0.2, 0) is 0 Å². The first kappa shape index (κ1) is 7.71. The maximum Gasteiger partial charge on any atom is 0.101 e. The van der Waals surface area contributed by atoms with E-state index in [1.54, 1.807) is 6.20 Å². The normalized spacial score (nSPS) is 20.1. The van der Waals surface area contributed by atoms with Gasteiger partial charge in [0.2, 0.25) is 0 Å². The third-order valence-corrected chi connectivity index (χ3v) is 2.25. The molecule has 0 radical (unpaired) electrons. The Kier molecular flexibility index (Phi) is 2.06. The van der Waals surface area contributed by atoms with Gasteiger partial charge in [0, 0.05) is 25.2 Å². The Hall–Kier alpha value is -0.930. The lowest BCUT2D eigenvalue weighted by Gasteiger charge is -2.31. The summed E-state index contributed by atoms with van der Waals surface area (Å²) in [5.74, 6) is 0.347. The average Bonchev–Trinajstić information content (AvgIpc) is 2.03. The molecule has 1 aliphatic heterocycles. The smallest absolute Gasteiger partial charge is 0.101 e. The summed E-state index contributed by atoms with van der Waals surface area (Å²) in [5.41, 5.74) is 0.781. The molecular formula is C9H12N2O. The van der Waals surface area contributed by atoms with E-state index in [1.807, 2.05) is 18.2 Å². The molecule has 1 aliphatic rings. The van der Waals surface area contributed by atoms with Crippen LogP contribution < -0.4 is 5.32 Å². The van der Waals surface area contributed by atoms with Crippen LogP contribution in [0.2, 0.25) is 0 Å². The molecule has 0 aromatic carbocycles. The molecule has 1 unspecified atom stereocenters. The van der Waals surface area contributed by atoms with Crippen molar-refractivity contribution in [1.29, 1.82) is 0 Å². The Morgan fingerprint density at radius 3 is 2.83 bits per heavy atom. The van der Waals surface area contributed by atoms with E-state index in [0.717, 1.165) is 18.8 Å². The Bertz CT molecular complexity index is 246. The third kappa shape index (κ3) is 1.33. The Balaban J connectivity index is 2.08. The number of aliphatic hydroxyl groups is 1. The van der Waals surface area contributed by atoms with E-state index in [1.165, 1.54) is 0 Å². The van der Waals surface area contributed by atoms with E-state index >= 15 is 0 Å². The summed E-state index contributed by atoms with van der Waals surface area (Å²) in [4.78, 5) is 4.10. The molecule has 2 heterocycles. The fraction of sp³-hybridized carbons (Fsp3) is 0.444. The number of rotatable bonds is 2. The van der Waals surface area contributed by atoms with E-state index in [0.29, 0.717) is 5.92 Å². The van der Waals surface area contributed by atoms with Crippen molar-refractivity contribution in [3.05, 3.63) is 30.1 Å². The number of hydrogen-bond donors (Lipinski definition) is 2. The molecule has 3 nitrogen and oxygen atoms in total. The lowest BCUT2D eigenvalue weighted by molar-refractivity contribution is 0.0731. The topological polar surface area (TPSA) is 45.2 Å². The third-order valence-electron chi connectivity index (χ3n) is 2.25. The first-order valence-corrected chi connectivity index (χ1v) is 4.17. The van der Waals surface area contributed by atoms with Gasteiger partial charge < -0.3 is 10.4 Å². The number of aromatic nitrogens is 1. The fourth-order valence-corrected chi connectivity index (χ4v) is 1.33. The van der Waals surface area contributed by atoms with E-state index in [-0.39, 0.29) is 0 Å². The zero-order valence-electron chi connectivity index (χ0n) is 6.77. The summed E-state index contributed by atoms with van der Waals surface area (Å²) in [5, 5.41) is 12.9. The van der Waals surface area contributed by atoms with Crippen molar-refractivity contribution in [2.24, 2.45) is 5.92 Å². The predicted molar refractivity (Wildman–Crippen MR) is 45.6 cm³/mol. The van der Waals surface area contributed by atoms with Crippen molar-refractivity contribution in [2.75, 3.05) is 13.1 Å². The molecule has 1 aromatic rings. The van der Waals surface area contributed by atoms with Crippen molar-refractivity contribution >= 4 is 0 Å². The van der Waals surface area contributed by atoms with Crippen molar-refractivity contribution in [1.82, 2.24) is 10.3 Å². The molecule has 0 saturated carbocycles. The Morgan fingerprint density at radius 2 is 2.33 bits per heavy atom. The summed E-state index contributed by atoms with van der Waals surface area (Å²) in [7, 11) is 0. The molecule has 1 atom stereocenters. The average molecular weight is 164 g/mol. The lowest BCUT2D eigenvalue weighted by Crippen LogP contribution is -2.45. The van der Waals surface area contributed by atoms with Gasteiger partial charge in [-0.2, -0.15) is 0 Å². The van der Waals surface area contributed by atoms with E-state index in [9.17, 15) is 5.11 Å². The Morgan fingerprint density at radius 1 is 1.50 bits per heavy atom. The quantitative estimate of drug-likeness (QED) is 0.662. The first-order valence-electron chi connectivity index (χ1n) is 4.17. The minimum atomic E-state index is -0.396. The molecule has 1 aromatic heterocycles. The SMILES string of the molecule is OC(c1ccccn1)C1CNC1. The minimum absolute atomic E-state index is 0.347. The number of nitrogens with one attached hydrogen (secondary N) is 1. The van der Waals surface area contributed by atoms with Gasteiger partial charge in [-0.15, -0.1) is 0 Å². The molecule has 1 fully saturated rings. The molecule has 3 heteroatoms. The van der Waals surface area contributed by atoms with Crippen molar-refractivity contribution in [3.8, 4) is 0 Å². The lowest BCUT2D eigenvalue weighted by atomic mass is 9.94. The molecular weight excluding hydrogens is 152 g/mol. The number of hydrogen-bond acceptors (Lipinski definition) is 3. The zero-order valence-corrected chi connectivity index (χ0v) is 6.77. The van der Waals surface area contributed by atoms with Gasteiger partial charge in [0.1, 0.15) is 6.10 Å². The monoisotopic (exact) mass is 164 g/mol. The number of aliphatic hydroxyl groups excluding tert-OH is 1. The van der Waals surface area contributed by atoms with Crippen molar-refractivity contribution in [2.45, 2.75) is 6.10 Å². The molecule has 1 saturated heterocycles. The van der Waals surface area contributed by atoms with Crippen LogP contribution >= 0.6 is 0 Å². The van der Waals surface area contributed by atoms with Gasteiger partial charge in [-0.05, 0) is 12.1 Å². The second-order valence-corrected chi connectivity index (χ2v) is 3.12. The maximum absolute atomic E-state index is 9.74. The highest BCUT2D eigenvalue weighted by Crippen LogP contribution is 2.22. The Labute approximate surface area is 71.4 Å². The molecule has 0 bridgehead atoms. The predicted octanol–water partition coefficient (Wildman–Crippen LogP) is 0.334. The summed E-state index contributed by atoms with van der Waals surface area (Å²) in [6, 6.07) is 5.62. The summed E-state index contributed by atoms with van der Waals surface area (Å²) in [6.45, 7) is 1.80. The van der Waals surface area contributed by atoms with E-state index < -0.39 is 6.10 Å². The van der Waals surface area contributed by atoms with Gasteiger partial charge in [0.05, 0.1) is 5.69 Å². The molecule has 0 spiro atoms. The van der Waals surface area contributed by atoms with Crippen LogP contribution in [0.15, 0.2) is 24.4 Å². The van der Waals surface area contributed by atoms with E-state index in [4.69, 9.17) is 0 Å². The second kappa shape index (κ2) is 3.21. The molecule has 0 amide bonds. The van der Waals surface area contributed by atoms with Crippen LogP contribution in [0.3, 0.4) is 0 Å². The highest BCUT2D eigenvalue weighted by atomic mass is 16.3. The molecule has 0 aliphatic carbocycles. The number of pyridine rings is 1. The van der Waals surface area contributed by atoms with Crippen LogP contribution in [-0.4, -0.2) is 23.2 Å².